The van der Waals surface area contributed by atoms with Crippen molar-refractivity contribution in [3.8, 4) is 11.1 Å². The number of benzene rings is 2. The molecule has 120 valence electrons. The second-order valence-electron chi connectivity index (χ2n) is 6.14. The third-order valence-corrected chi connectivity index (χ3v) is 4.76. The van der Waals surface area contributed by atoms with Gasteiger partial charge in [0, 0.05) is 25.2 Å². The van der Waals surface area contributed by atoms with Gasteiger partial charge in [-0.25, -0.2) is 0 Å². The highest BCUT2D eigenvalue weighted by molar-refractivity contribution is 5.94. The summed E-state index contributed by atoms with van der Waals surface area (Å²) in [5.41, 5.74) is 6.10. The van der Waals surface area contributed by atoms with Crippen molar-refractivity contribution in [2.45, 2.75) is 32.7 Å². The van der Waals surface area contributed by atoms with E-state index in [0.717, 1.165) is 25.1 Å². The lowest BCUT2D eigenvalue weighted by atomic mass is 9.98. The number of hydrogen-bond donors (Lipinski definition) is 1. The van der Waals surface area contributed by atoms with Crippen LogP contribution in [-0.4, -0.2) is 19.5 Å². The average Bonchev–Trinajstić information content (AvgIpc) is 3.00. The van der Waals surface area contributed by atoms with Gasteiger partial charge in [-0.05, 0) is 54.3 Å². The molecule has 1 N–H and O–H groups in total. The first kappa shape index (κ1) is 15.8. The van der Waals surface area contributed by atoms with Crippen LogP contribution in [0.2, 0.25) is 0 Å². The first-order valence-corrected chi connectivity index (χ1v) is 8.32. The summed E-state index contributed by atoms with van der Waals surface area (Å²) in [6.07, 6.45) is 2.02. The molecule has 0 saturated heterocycles. The van der Waals surface area contributed by atoms with Crippen LogP contribution in [0, 0.1) is 0 Å². The lowest BCUT2D eigenvalue weighted by molar-refractivity contribution is -0.116. The first-order valence-electron chi connectivity index (χ1n) is 8.32. The maximum Gasteiger partial charge on any atom is 0.223 e. The molecule has 3 rings (SSSR count). The minimum Gasteiger partial charge on any atom is -0.313 e. The van der Waals surface area contributed by atoms with Crippen molar-refractivity contribution < 1.29 is 4.79 Å². The van der Waals surface area contributed by atoms with E-state index in [4.69, 9.17) is 0 Å². The maximum atomic E-state index is 11.6. The van der Waals surface area contributed by atoms with E-state index in [2.05, 4.69) is 54.7 Å². The predicted octanol–water partition coefficient (Wildman–Crippen LogP) is 3.93. The summed E-state index contributed by atoms with van der Waals surface area (Å²) in [6, 6.07) is 15.6. The second-order valence-corrected chi connectivity index (χ2v) is 6.14. The minimum absolute atomic E-state index is 0.124. The fourth-order valence-corrected chi connectivity index (χ4v) is 3.42. The Bertz CT molecular complexity index is 702. The summed E-state index contributed by atoms with van der Waals surface area (Å²) in [4.78, 5) is 13.5. The largest absolute Gasteiger partial charge is 0.313 e. The SMILES string of the molecule is CCC(NC)c1ccc(-c2ccc3c(c2)CCN3C(C)=O)cc1. The van der Waals surface area contributed by atoms with E-state index in [-0.39, 0.29) is 5.91 Å². The number of rotatable bonds is 4. The summed E-state index contributed by atoms with van der Waals surface area (Å²) in [7, 11) is 2.00. The molecule has 1 aliphatic rings. The molecule has 23 heavy (non-hydrogen) atoms. The van der Waals surface area contributed by atoms with Gasteiger partial charge in [0.25, 0.3) is 0 Å². The Kier molecular flexibility index (Phi) is 4.49. The molecule has 1 unspecified atom stereocenters. The van der Waals surface area contributed by atoms with Crippen molar-refractivity contribution in [3.63, 3.8) is 0 Å². The number of carbonyl (C=O) groups is 1. The summed E-state index contributed by atoms with van der Waals surface area (Å²) in [5, 5.41) is 3.34. The Balaban J connectivity index is 1.87. The highest BCUT2D eigenvalue weighted by atomic mass is 16.2. The third-order valence-electron chi connectivity index (χ3n) is 4.76. The zero-order valence-corrected chi connectivity index (χ0v) is 14.1. The highest BCUT2D eigenvalue weighted by Gasteiger charge is 2.22. The molecule has 1 aliphatic heterocycles. The summed E-state index contributed by atoms with van der Waals surface area (Å²) < 4.78 is 0. The summed E-state index contributed by atoms with van der Waals surface area (Å²) >= 11 is 0. The van der Waals surface area contributed by atoms with E-state index in [1.165, 1.54) is 22.3 Å². The summed E-state index contributed by atoms with van der Waals surface area (Å²) in [5.74, 6) is 0.124. The molecule has 3 nitrogen and oxygen atoms in total. The van der Waals surface area contributed by atoms with Gasteiger partial charge in [0.2, 0.25) is 5.91 Å². The van der Waals surface area contributed by atoms with Crippen molar-refractivity contribution in [2.24, 2.45) is 0 Å². The van der Waals surface area contributed by atoms with Gasteiger partial charge in [0.15, 0.2) is 0 Å². The van der Waals surface area contributed by atoms with Crippen LogP contribution in [0.4, 0.5) is 5.69 Å². The number of amides is 1. The quantitative estimate of drug-likeness (QED) is 0.928. The number of carbonyl (C=O) groups excluding carboxylic acids is 1. The van der Waals surface area contributed by atoms with Gasteiger partial charge in [-0.1, -0.05) is 37.3 Å². The molecule has 2 aromatic rings. The topological polar surface area (TPSA) is 32.3 Å². The highest BCUT2D eigenvalue weighted by Crippen LogP contribution is 2.32. The van der Waals surface area contributed by atoms with Crippen LogP contribution in [0.15, 0.2) is 42.5 Å². The zero-order chi connectivity index (χ0) is 16.4. The van der Waals surface area contributed by atoms with Crippen LogP contribution >= 0.6 is 0 Å². The van der Waals surface area contributed by atoms with E-state index in [0.29, 0.717) is 6.04 Å². The van der Waals surface area contributed by atoms with Crippen LogP contribution in [0.1, 0.15) is 37.4 Å². The average molecular weight is 308 g/mol. The third kappa shape index (κ3) is 3.02. The van der Waals surface area contributed by atoms with E-state index < -0.39 is 0 Å². The Morgan fingerprint density at radius 1 is 1.17 bits per heavy atom. The van der Waals surface area contributed by atoms with Gasteiger partial charge < -0.3 is 10.2 Å². The minimum atomic E-state index is 0.124. The van der Waals surface area contributed by atoms with Gasteiger partial charge in [-0.15, -0.1) is 0 Å². The molecule has 0 spiro atoms. The van der Waals surface area contributed by atoms with Crippen LogP contribution in [-0.2, 0) is 11.2 Å². The molecule has 0 radical (unpaired) electrons. The summed E-state index contributed by atoms with van der Waals surface area (Å²) in [6.45, 7) is 4.62. The van der Waals surface area contributed by atoms with Crippen LogP contribution in [0.25, 0.3) is 11.1 Å². The Morgan fingerprint density at radius 3 is 2.48 bits per heavy atom. The fraction of sp³-hybridized carbons (Fsp3) is 0.350. The molecular weight excluding hydrogens is 284 g/mol. The predicted molar refractivity (Wildman–Crippen MR) is 95.7 cm³/mol. The Hall–Kier alpha value is -2.13. The van der Waals surface area contributed by atoms with Crippen molar-refractivity contribution in [1.82, 2.24) is 5.32 Å². The maximum absolute atomic E-state index is 11.6. The van der Waals surface area contributed by atoms with E-state index in [1.807, 2.05) is 11.9 Å². The number of anilines is 1. The van der Waals surface area contributed by atoms with Crippen LogP contribution in [0.3, 0.4) is 0 Å². The normalized spacial score (nSPS) is 14.7. The van der Waals surface area contributed by atoms with Crippen molar-refractivity contribution in [1.29, 1.82) is 0 Å². The Labute approximate surface area is 138 Å². The Morgan fingerprint density at radius 2 is 1.87 bits per heavy atom. The fourth-order valence-electron chi connectivity index (χ4n) is 3.42. The molecule has 0 bridgehead atoms. The second kappa shape index (κ2) is 6.55. The molecule has 0 aromatic heterocycles. The lowest BCUT2D eigenvalue weighted by Crippen LogP contribution is -2.25. The molecular formula is C20H24N2O. The van der Waals surface area contributed by atoms with Gasteiger partial charge >= 0.3 is 0 Å². The smallest absolute Gasteiger partial charge is 0.223 e. The molecule has 2 aromatic carbocycles. The number of nitrogens with zero attached hydrogens (tertiary/aromatic N) is 1. The standard InChI is InChI=1S/C20H24N2O/c1-4-19(21-3)16-7-5-15(6-8-16)17-9-10-20-18(13-17)11-12-22(20)14(2)23/h5-10,13,19,21H,4,11-12H2,1-3H3. The number of fused-ring (bicyclic) bond motifs is 1. The molecule has 1 atom stereocenters. The van der Waals surface area contributed by atoms with Crippen molar-refractivity contribution in [3.05, 3.63) is 53.6 Å². The first-order chi connectivity index (χ1) is 11.1. The lowest BCUT2D eigenvalue weighted by Gasteiger charge is -2.16. The number of hydrogen-bond acceptors (Lipinski definition) is 2. The van der Waals surface area contributed by atoms with Gasteiger partial charge in [-0.2, -0.15) is 0 Å². The molecule has 1 heterocycles. The molecule has 0 fully saturated rings. The van der Waals surface area contributed by atoms with Crippen molar-refractivity contribution >= 4 is 11.6 Å². The van der Waals surface area contributed by atoms with E-state index in [1.54, 1.807) is 6.92 Å². The van der Waals surface area contributed by atoms with E-state index in [9.17, 15) is 4.79 Å². The van der Waals surface area contributed by atoms with Crippen molar-refractivity contribution in [2.75, 3.05) is 18.5 Å². The van der Waals surface area contributed by atoms with Gasteiger partial charge in [-0.3, -0.25) is 4.79 Å². The molecule has 3 heteroatoms. The zero-order valence-electron chi connectivity index (χ0n) is 14.1. The molecule has 1 amide bonds. The van der Waals surface area contributed by atoms with Crippen LogP contribution < -0.4 is 10.2 Å². The van der Waals surface area contributed by atoms with Gasteiger partial charge in [0.1, 0.15) is 0 Å². The van der Waals surface area contributed by atoms with E-state index >= 15 is 0 Å². The molecule has 0 saturated carbocycles. The molecule has 0 aliphatic carbocycles. The monoisotopic (exact) mass is 308 g/mol. The number of nitrogens with one attached hydrogen (secondary N) is 1. The van der Waals surface area contributed by atoms with Gasteiger partial charge in [0.05, 0.1) is 0 Å². The van der Waals surface area contributed by atoms with Crippen LogP contribution in [0.5, 0.6) is 0 Å².